The SMILES string of the molecule is C[C@@H]1CCCCN1CCCNC(=O)CCc1nc(-c2cccnc2)no1. The van der Waals surface area contributed by atoms with Crippen LogP contribution in [0.5, 0.6) is 0 Å². The first kappa shape index (κ1) is 18.5. The molecule has 1 aliphatic rings. The maximum Gasteiger partial charge on any atom is 0.227 e. The van der Waals surface area contributed by atoms with E-state index in [-0.39, 0.29) is 5.91 Å². The van der Waals surface area contributed by atoms with Gasteiger partial charge in [-0.05, 0) is 44.9 Å². The lowest BCUT2D eigenvalue weighted by Gasteiger charge is -2.33. The van der Waals surface area contributed by atoms with Crippen molar-refractivity contribution in [3.8, 4) is 11.4 Å². The number of aryl methyl sites for hydroxylation is 1. The summed E-state index contributed by atoms with van der Waals surface area (Å²) in [5, 5.41) is 6.92. The smallest absolute Gasteiger partial charge is 0.227 e. The largest absolute Gasteiger partial charge is 0.356 e. The van der Waals surface area contributed by atoms with Crippen LogP contribution in [0.1, 0.15) is 44.9 Å². The molecule has 140 valence electrons. The second-order valence-electron chi connectivity index (χ2n) is 6.84. The molecule has 3 heterocycles. The quantitative estimate of drug-likeness (QED) is 0.731. The monoisotopic (exact) mass is 357 g/mol. The van der Waals surface area contributed by atoms with Gasteiger partial charge in [0.2, 0.25) is 17.6 Å². The van der Waals surface area contributed by atoms with Crippen LogP contribution in [0.4, 0.5) is 0 Å². The summed E-state index contributed by atoms with van der Waals surface area (Å²) in [7, 11) is 0. The van der Waals surface area contributed by atoms with E-state index in [9.17, 15) is 4.79 Å². The standard InChI is InChI=1S/C19H27N5O2/c1-15-6-2-3-12-24(15)13-5-11-21-17(25)8-9-18-22-19(23-26-18)16-7-4-10-20-14-16/h4,7,10,14-15H,2-3,5-6,8-9,11-13H2,1H3,(H,21,25)/t15-/m1/s1. The number of carbonyl (C=O) groups excluding carboxylic acids is 1. The predicted octanol–water partition coefficient (Wildman–Crippen LogP) is 2.44. The van der Waals surface area contributed by atoms with Crippen LogP contribution in [-0.2, 0) is 11.2 Å². The van der Waals surface area contributed by atoms with Crippen LogP contribution in [-0.4, -0.2) is 51.6 Å². The van der Waals surface area contributed by atoms with E-state index in [1.165, 1.54) is 25.8 Å². The van der Waals surface area contributed by atoms with Crippen LogP contribution in [0.3, 0.4) is 0 Å². The average Bonchev–Trinajstić information content (AvgIpc) is 3.15. The van der Waals surface area contributed by atoms with Gasteiger partial charge in [0.05, 0.1) is 0 Å². The van der Waals surface area contributed by atoms with E-state index in [1.807, 2.05) is 12.1 Å². The normalized spacial score (nSPS) is 18.0. The van der Waals surface area contributed by atoms with Crippen LogP contribution in [0.15, 0.2) is 29.0 Å². The second kappa shape index (κ2) is 9.43. The molecule has 1 N–H and O–H groups in total. The van der Waals surface area contributed by atoms with E-state index in [0.717, 1.165) is 18.5 Å². The summed E-state index contributed by atoms with van der Waals surface area (Å²) in [6.07, 6.45) is 9.09. The predicted molar refractivity (Wildman–Crippen MR) is 98.4 cm³/mol. The molecule has 1 atom stereocenters. The first-order valence-electron chi connectivity index (χ1n) is 9.46. The van der Waals surface area contributed by atoms with Crippen molar-refractivity contribution in [1.82, 2.24) is 25.3 Å². The summed E-state index contributed by atoms with van der Waals surface area (Å²) >= 11 is 0. The molecule has 1 saturated heterocycles. The first-order chi connectivity index (χ1) is 12.7. The van der Waals surface area contributed by atoms with Crippen LogP contribution in [0.25, 0.3) is 11.4 Å². The van der Waals surface area contributed by atoms with Crippen molar-refractivity contribution in [2.75, 3.05) is 19.6 Å². The summed E-state index contributed by atoms with van der Waals surface area (Å²) < 4.78 is 5.21. The highest BCUT2D eigenvalue weighted by Crippen LogP contribution is 2.16. The Morgan fingerprint density at radius 3 is 3.15 bits per heavy atom. The number of carbonyl (C=O) groups is 1. The number of amides is 1. The molecule has 7 heteroatoms. The van der Waals surface area contributed by atoms with Crippen molar-refractivity contribution in [2.45, 2.75) is 51.5 Å². The fraction of sp³-hybridized carbons (Fsp3) is 0.579. The third-order valence-electron chi connectivity index (χ3n) is 4.84. The summed E-state index contributed by atoms with van der Waals surface area (Å²) in [5.74, 6) is 1.00. The number of piperidine rings is 1. The zero-order valence-corrected chi connectivity index (χ0v) is 15.4. The zero-order valence-electron chi connectivity index (χ0n) is 15.4. The number of rotatable bonds is 8. The van der Waals surface area contributed by atoms with Crippen molar-refractivity contribution in [3.05, 3.63) is 30.4 Å². The Morgan fingerprint density at radius 2 is 2.35 bits per heavy atom. The van der Waals surface area contributed by atoms with Gasteiger partial charge < -0.3 is 14.7 Å². The van der Waals surface area contributed by atoms with E-state index < -0.39 is 0 Å². The molecule has 1 amide bonds. The van der Waals surface area contributed by atoms with Crippen molar-refractivity contribution < 1.29 is 9.32 Å². The van der Waals surface area contributed by atoms with Gasteiger partial charge in [-0.1, -0.05) is 11.6 Å². The Labute approximate surface area is 154 Å². The van der Waals surface area contributed by atoms with Crippen molar-refractivity contribution in [1.29, 1.82) is 0 Å². The Morgan fingerprint density at radius 1 is 1.42 bits per heavy atom. The number of pyridine rings is 1. The molecule has 1 aliphatic heterocycles. The lowest BCUT2D eigenvalue weighted by molar-refractivity contribution is -0.121. The van der Waals surface area contributed by atoms with Gasteiger partial charge in [-0.2, -0.15) is 4.98 Å². The van der Waals surface area contributed by atoms with Gasteiger partial charge in [-0.15, -0.1) is 0 Å². The van der Waals surface area contributed by atoms with E-state index in [4.69, 9.17) is 4.52 Å². The fourth-order valence-corrected chi connectivity index (χ4v) is 3.28. The first-order valence-corrected chi connectivity index (χ1v) is 9.46. The van der Waals surface area contributed by atoms with E-state index >= 15 is 0 Å². The molecule has 0 bridgehead atoms. The Hall–Kier alpha value is -2.28. The minimum atomic E-state index is 0.0258. The molecule has 2 aromatic rings. The van der Waals surface area contributed by atoms with Crippen molar-refractivity contribution in [2.24, 2.45) is 0 Å². The molecule has 1 fully saturated rings. The van der Waals surface area contributed by atoms with Gasteiger partial charge in [0, 0.05) is 49.9 Å². The number of nitrogens with one attached hydrogen (secondary N) is 1. The van der Waals surface area contributed by atoms with Crippen molar-refractivity contribution in [3.63, 3.8) is 0 Å². The Balaban J connectivity index is 1.33. The summed E-state index contributed by atoms with van der Waals surface area (Å²) in [4.78, 5) is 22.9. The lowest BCUT2D eigenvalue weighted by atomic mass is 10.0. The molecule has 0 saturated carbocycles. The molecule has 3 rings (SSSR count). The number of aromatic nitrogens is 3. The van der Waals surface area contributed by atoms with Crippen molar-refractivity contribution >= 4 is 5.91 Å². The number of nitrogens with zero attached hydrogens (tertiary/aromatic N) is 4. The van der Waals surface area contributed by atoms with Gasteiger partial charge in [0.15, 0.2) is 0 Å². The highest BCUT2D eigenvalue weighted by atomic mass is 16.5. The van der Waals surface area contributed by atoms with Crippen LogP contribution >= 0.6 is 0 Å². The summed E-state index contributed by atoms with van der Waals surface area (Å²) in [5.41, 5.74) is 0.805. The Bertz CT molecular complexity index is 688. The molecular formula is C19H27N5O2. The molecule has 0 aliphatic carbocycles. The number of hydrogen-bond donors (Lipinski definition) is 1. The molecule has 0 radical (unpaired) electrons. The minimum absolute atomic E-state index is 0.0258. The van der Waals surface area contributed by atoms with Gasteiger partial charge in [0.1, 0.15) is 0 Å². The van der Waals surface area contributed by atoms with Gasteiger partial charge in [-0.3, -0.25) is 9.78 Å². The van der Waals surface area contributed by atoms with Gasteiger partial charge in [-0.25, -0.2) is 0 Å². The maximum atomic E-state index is 12.0. The maximum absolute atomic E-state index is 12.0. The van der Waals surface area contributed by atoms with Crippen LogP contribution < -0.4 is 5.32 Å². The molecule has 7 nitrogen and oxygen atoms in total. The van der Waals surface area contributed by atoms with E-state index in [0.29, 0.717) is 37.1 Å². The third-order valence-corrected chi connectivity index (χ3v) is 4.84. The average molecular weight is 357 g/mol. The Kier molecular flexibility index (Phi) is 6.71. The zero-order chi connectivity index (χ0) is 18.2. The summed E-state index contributed by atoms with van der Waals surface area (Å²) in [6.45, 7) is 5.25. The van der Waals surface area contributed by atoms with Crippen LogP contribution in [0, 0.1) is 0 Å². The summed E-state index contributed by atoms with van der Waals surface area (Å²) in [6, 6.07) is 4.37. The fourth-order valence-electron chi connectivity index (χ4n) is 3.28. The van der Waals surface area contributed by atoms with Gasteiger partial charge in [0.25, 0.3) is 0 Å². The van der Waals surface area contributed by atoms with E-state index in [2.05, 4.69) is 32.3 Å². The van der Waals surface area contributed by atoms with E-state index in [1.54, 1.807) is 12.4 Å². The highest BCUT2D eigenvalue weighted by Gasteiger charge is 2.17. The number of hydrogen-bond acceptors (Lipinski definition) is 6. The number of likely N-dealkylation sites (tertiary alicyclic amines) is 1. The van der Waals surface area contributed by atoms with Gasteiger partial charge >= 0.3 is 0 Å². The topological polar surface area (TPSA) is 84.2 Å². The molecular weight excluding hydrogens is 330 g/mol. The minimum Gasteiger partial charge on any atom is -0.356 e. The molecule has 0 spiro atoms. The highest BCUT2D eigenvalue weighted by molar-refractivity contribution is 5.75. The second-order valence-corrected chi connectivity index (χ2v) is 6.84. The molecule has 2 aromatic heterocycles. The lowest BCUT2D eigenvalue weighted by Crippen LogP contribution is -2.39. The third kappa shape index (κ3) is 5.36. The van der Waals surface area contributed by atoms with Crippen LogP contribution in [0.2, 0.25) is 0 Å². The molecule has 0 aromatic carbocycles. The molecule has 26 heavy (non-hydrogen) atoms. The molecule has 0 unspecified atom stereocenters.